The fourth-order valence-corrected chi connectivity index (χ4v) is 9.15. The van der Waals surface area contributed by atoms with E-state index in [1.165, 1.54) is 0 Å². The second-order valence-electron chi connectivity index (χ2n) is 17.0. The maximum absolute atomic E-state index is 14.6. The highest BCUT2D eigenvalue weighted by atomic mass is 19.3. The van der Waals surface area contributed by atoms with Gasteiger partial charge < -0.3 is 42.1 Å². The number of aryl methyl sites for hydroxylation is 2. The van der Waals surface area contributed by atoms with Crippen molar-refractivity contribution in [2.45, 2.75) is 102 Å². The van der Waals surface area contributed by atoms with Crippen LogP contribution < -0.4 is 37.6 Å². The first-order valence-corrected chi connectivity index (χ1v) is 22.0. The van der Waals surface area contributed by atoms with Gasteiger partial charge in [-0.05, 0) is 80.3 Å². The minimum Gasteiger partial charge on any atom is -0.398 e. The zero-order valence-corrected chi connectivity index (χ0v) is 36.1. The number of rotatable bonds is 15. The van der Waals surface area contributed by atoms with Crippen molar-refractivity contribution in [1.29, 1.82) is 0 Å². The number of piperidine rings is 2. The van der Waals surface area contributed by atoms with Gasteiger partial charge in [0, 0.05) is 124 Å². The lowest BCUT2D eigenvalue weighted by molar-refractivity contribution is -0.135. The van der Waals surface area contributed by atoms with Gasteiger partial charge in [-0.25, -0.2) is 8.78 Å². The molecule has 0 spiro atoms. The summed E-state index contributed by atoms with van der Waals surface area (Å²) in [5, 5.41) is 16.2. The summed E-state index contributed by atoms with van der Waals surface area (Å²) in [5.74, 6) is -1.34. The van der Waals surface area contributed by atoms with Crippen molar-refractivity contribution in [1.82, 2.24) is 35.5 Å². The van der Waals surface area contributed by atoms with Crippen molar-refractivity contribution in [3.8, 4) is 11.1 Å². The Bertz CT molecular complexity index is 2240. The number of amides is 5. The van der Waals surface area contributed by atoms with Crippen molar-refractivity contribution < 1.29 is 32.8 Å². The minimum atomic E-state index is -2.70. The number of hydrogen-bond donors (Lipinski definition) is 6. The average molecular weight is 872 g/mol. The van der Waals surface area contributed by atoms with Gasteiger partial charge in [0.25, 0.3) is 12.3 Å². The molecule has 63 heavy (non-hydrogen) atoms. The first kappa shape index (κ1) is 45.0. The Labute approximate surface area is 366 Å². The number of aromatic nitrogens is 2. The molecule has 0 aliphatic carbocycles. The Morgan fingerprint density at radius 3 is 2.49 bits per heavy atom. The summed E-state index contributed by atoms with van der Waals surface area (Å²) < 4.78 is 30.8. The Balaban J connectivity index is 0.909. The van der Waals surface area contributed by atoms with Crippen LogP contribution in [0.3, 0.4) is 0 Å². The molecule has 2 fully saturated rings. The molecule has 8 N–H and O–H groups in total. The Kier molecular flexibility index (Phi) is 14.3. The number of halogens is 2. The van der Waals surface area contributed by atoms with Crippen LogP contribution in [0.15, 0.2) is 54.0 Å². The molecule has 16 nitrogen and oxygen atoms in total. The number of nitrogens with one attached hydrogen (secondary N) is 4. The molecule has 2 atom stereocenters. The number of nitrogens with zero attached hydrogens (tertiary/aromatic N) is 5. The van der Waals surface area contributed by atoms with E-state index in [2.05, 4.69) is 26.4 Å². The Hall–Kier alpha value is -6.04. The summed E-state index contributed by atoms with van der Waals surface area (Å²) in [7, 11) is 1.76. The first-order valence-electron chi connectivity index (χ1n) is 22.0. The molecule has 7 rings (SSSR count). The van der Waals surface area contributed by atoms with Crippen LogP contribution in [0.1, 0.15) is 99.0 Å². The zero-order valence-electron chi connectivity index (χ0n) is 36.1. The number of hydrogen-bond acceptors (Lipinski definition) is 11. The maximum Gasteiger partial charge on any atom is 0.264 e. The second-order valence-corrected chi connectivity index (χ2v) is 17.0. The molecule has 5 amide bonds. The number of imide groups is 1. The molecule has 0 saturated carbocycles. The molecule has 2 saturated heterocycles. The fraction of sp³-hybridized carbons (Fsp3) is 0.511. The molecule has 4 aliphatic rings. The molecule has 4 aliphatic heterocycles. The fourth-order valence-electron chi connectivity index (χ4n) is 9.15. The molecular formula is C45H59F2N11O5. The number of fused-ring (bicyclic) bond motifs is 1. The number of anilines is 3. The highest BCUT2D eigenvalue weighted by molar-refractivity contribution is 6.08. The summed E-state index contributed by atoms with van der Waals surface area (Å²) in [6.45, 7) is 4.79. The molecule has 5 heterocycles. The lowest BCUT2D eigenvalue weighted by Gasteiger charge is -2.42. The van der Waals surface area contributed by atoms with E-state index in [9.17, 15) is 32.8 Å². The highest BCUT2D eigenvalue weighted by Gasteiger charge is 2.34. The van der Waals surface area contributed by atoms with Crippen LogP contribution >= 0.6 is 0 Å². The van der Waals surface area contributed by atoms with Crippen LogP contribution in [0.4, 0.5) is 25.8 Å². The maximum atomic E-state index is 14.6. The third kappa shape index (κ3) is 10.6. The predicted octanol–water partition coefficient (Wildman–Crippen LogP) is 3.94. The number of unbranched alkanes of at least 4 members (excludes halogenated alkanes) is 2. The monoisotopic (exact) mass is 871 g/mol. The minimum absolute atomic E-state index is 0.0504. The summed E-state index contributed by atoms with van der Waals surface area (Å²) in [6, 6.07) is 7.82. The van der Waals surface area contributed by atoms with Gasteiger partial charge in [-0.3, -0.25) is 34.0 Å². The van der Waals surface area contributed by atoms with Crippen LogP contribution in [-0.4, -0.2) is 107 Å². The van der Waals surface area contributed by atoms with Gasteiger partial charge in [0.05, 0.1) is 11.8 Å². The van der Waals surface area contributed by atoms with Crippen LogP contribution in [0.2, 0.25) is 0 Å². The van der Waals surface area contributed by atoms with Gasteiger partial charge >= 0.3 is 0 Å². The van der Waals surface area contributed by atoms with Gasteiger partial charge in [0.2, 0.25) is 23.6 Å². The third-order valence-corrected chi connectivity index (χ3v) is 12.7. The SMILES string of the molecule is CC(=O)N1CCC(NC2CCN(C(=O)CCCCCNc3cccc(N)c3C(=O)NC3CCC(=O)NC3=O)CC2)=C(C(N)N2CCCc3cc(-c4cnn(C)c4)c(C(F)F)cc32)C1. The van der Waals surface area contributed by atoms with Gasteiger partial charge in [-0.2, -0.15) is 5.10 Å². The third-order valence-electron chi connectivity index (χ3n) is 12.7. The van der Waals surface area contributed by atoms with Crippen LogP contribution in [0, 0.1) is 0 Å². The lowest BCUT2D eigenvalue weighted by atomic mass is 9.91. The quantitative estimate of drug-likeness (QED) is 0.0732. The Morgan fingerprint density at radius 2 is 1.78 bits per heavy atom. The first-order chi connectivity index (χ1) is 30.3. The number of carbonyl (C=O) groups is 5. The molecule has 3 aromatic rings. The number of benzene rings is 2. The molecule has 0 radical (unpaired) electrons. The molecule has 18 heteroatoms. The summed E-state index contributed by atoms with van der Waals surface area (Å²) >= 11 is 0. The number of nitrogen functional groups attached to an aromatic ring is 1. The lowest BCUT2D eigenvalue weighted by Crippen LogP contribution is -2.53. The number of likely N-dealkylation sites (tertiary alicyclic amines) is 1. The standard InChI is InChI=1S/C45H59F2N11O5/c1-27(59)57-21-16-35(33(26-57)43(49)58-18-7-8-28-22-31(29-24-51-55(2)25-29)32(42(46)47)23-38(28)58)52-30-14-19-56(20-15-30)40(61)11-4-3-5-17-50-36-10-6-9-34(48)41(36)45(63)53-37-12-13-39(60)54-44(37)62/h6,9-10,22-25,30,37,42-43,50,52H,3-5,7-8,11-21,26,48-49H2,1-2H3,(H,53,63)(H,54,60,62). The van der Waals surface area contributed by atoms with Gasteiger partial charge in [-0.1, -0.05) is 12.5 Å². The summed E-state index contributed by atoms with van der Waals surface area (Å²) in [6.07, 6.45) is 6.68. The molecule has 1 aromatic heterocycles. The Morgan fingerprint density at radius 1 is 0.984 bits per heavy atom. The topological polar surface area (TPSA) is 213 Å². The van der Waals surface area contributed by atoms with Crippen molar-refractivity contribution in [2.24, 2.45) is 12.8 Å². The molecule has 0 bridgehead atoms. The number of carbonyl (C=O) groups excluding carboxylic acids is 5. The predicted molar refractivity (Wildman–Crippen MR) is 235 cm³/mol. The van der Waals surface area contributed by atoms with Crippen molar-refractivity contribution >= 4 is 46.6 Å². The molecule has 2 aromatic carbocycles. The zero-order chi connectivity index (χ0) is 44.8. The molecule has 338 valence electrons. The average Bonchev–Trinajstić information content (AvgIpc) is 3.70. The summed E-state index contributed by atoms with van der Waals surface area (Å²) in [5.41, 5.74) is 18.8. The van der Waals surface area contributed by atoms with E-state index in [-0.39, 0.29) is 53.4 Å². The van der Waals surface area contributed by atoms with Gasteiger partial charge in [-0.15, -0.1) is 0 Å². The van der Waals surface area contributed by atoms with Gasteiger partial charge in [0.1, 0.15) is 12.2 Å². The van der Waals surface area contributed by atoms with E-state index in [4.69, 9.17) is 11.5 Å². The number of alkyl halides is 2. The van der Waals surface area contributed by atoms with Crippen LogP contribution in [0.25, 0.3) is 11.1 Å². The van der Waals surface area contributed by atoms with Crippen LogP contribution in [-0.2, 0) is 32.6 Å². The second kappa shape index (κ2) is 20.0. The smallest absolute Gasteiger partial charge is 0.264 e. The summed E-state index contributed by atoms with van der Waals surface area (Å²) in [4.78, 5) is 68.4. The van der Waals surface area contributed by atoms with E-state index in [0.29, 0.717) is 81.0 Å². The largest absolute Gasteiger partial charge is 0.398 e. The van der Waals surface area contributed by atoms with E-state index < -0.39 is 30.4 Å². The van der Waals surface area contributed by atoms with E-state index in [1.807, 2.05) is 15.9 Å². The van der Waals surface area contributed by atoms with Gasteiger partial charge in [0.15, 0.2) is 0 Å². The highest BCUT2D eigenvalue weighted by Crippen LogP contribution is 2.40. The molecular weight excluding hydrogens is 813 g/mol. The van der Waals surface area contributed by atoms with E-state index in [1.54, 1.807) is 60.2 Å². The van der Waals surface area contributed by atoms with Crippen molar-refractivity contribution in [3.63, 3.8) is 0 Å². The normalized spacial score (nSPS) is 18.9. The van der Waals surface area contributed by atoms with Crippen molar-refractivity contribution in [3.05, 3.63) is 70.7 Å². The molecule has 2 unspecified atom stereocenters. The van der Waals surface area contributed by atoms with Crippen molar-refractivity contribution in [2.75, 3.05) is 55.2 Å². The van der Waals surface area contributed by atoms with Crippen LogP contribution in [0.5, 0.6) is 0 Å². The van der Waals surface area contributed by atoms with E-state index >= 15 is 0 Å². The van der Waals surface area contributed by atoms with E-state index in [0.717, 1.165) is 55.4 Å². The number of nitrogens with two attached hydrogens (primary N) is 2.